The van der Waals surface area contributed by atoms with E-state index in [1.165, 1.54) is 25.6 Å². The van der Waals surface area contributed by atoms with E-state index < -0.39 is 0 Å². The second-order valence-electron chi connectivity index (χ2n) is 11.1. The number of aromatic nitrogens is 2. The average molecular weight is 585 g/mol. The van der Waals surface area contributed by atoms with Crippen LogP contribution in [0, 0.1) is 18.3 Å². The number of likely N-dealkylation sites (tertiary alicyclic amines) is 1. The Kier molecular flexibility index (Phi) is 13.4. The Bertz CT molecular complexity index is 1300. The Labute approximate surface area is 257 Å². The van der Waals surface area contributed by atoms with Crippen molar-refractivity contribution in [3.8, 4) is 11.5 Å². The number of nitrogens with two attached hydrogens (primary N) is 1. The molecule has 1 atom stereocenters. The second kappa shape index (κ2) is 17.2. The van der Waals surface area contributed by atoms with Crippen LogP contribution >= 0.6 is 0 Å². The molecule has 0 bridgehead atoms. The number of aryl methyl sites for hydroxylation is 1. The molecule has 0 unspecified atom stereocenters. The normalized spacial score (nSPS) is 15.9. The van der Waals surface area contributed by atoms with Gasteiger partial charge in [-0.15, -0.1) is 0 Å². The van der Waals surface area contributed by atoms with E-state index in [0.29, 0.717) is 34.5 Å². The molecule has 2 heterocycles. The molecule has 5 rings (SSSR count). The van der Waals surface area contributed by atoms with Crippen LogP contribution in [0.25, 0.3) is 0 Å². The van der Waals surface area contributed by atoms with Crippen molar-refractivity contribution in [2.24, 2.45) is 5.92 Å². The maximum atomic E-state index is 11.9. The average Bonchev–Trinajstić information content (AvgIpc) is 3.75. The third kappa shape index (κ3) is 10.6. The summed E-state index contributed by atoms with van der Waals surface area (Å²) in [7, 11) is 0. The Morgan fingerprint density at radius 1 is 1.05 bits per heavy atom. The standard InChI is InChI=1S/C18H16N4O.C14H24N2O.C3H8/c1-12-16(18(20)22-11-21-12)17(19)13-7-9-15(10-8-13)23-14-5-3-2-4-6-14;1-3-15(13-6-7-13)9-4-5-14(17)16-10-8-12(2)11-16;1-3-2/h2-11,19H,1H3,(H2,20,21,22);4-5,12-13H,3,6-11H2,1-2H3;3H2,1-2H3/b;5-4+;/t;12-;/m.1./s1. The molecular weight excluding hydrogens is 536 g/mol. The second-order valence-corrected chi connectivity index (χ2v) is 11.1. The van der Waals surface area contributed by atoms with Crippen molar-refractivity contribution in [1.82, 2.24) is 19.8 Å². The van der Waals surface area contributed by atoms with E-state index in [9.17, 15) is 4.79 Å². The zero-order valence-electron chi connectivity index (χ0n) is 26.4. The Hall–Kier alpha value is -4.04. The number of carbonyl (C=O) groups excluding carboxylic acids is 1. The summed E-state index contributed by atoms with van der Waals surface area (Å²) in [6.07, 6.45) is 10.3. The molecule has 230 valence electrons. The third-order valence-electron chi connectivity index (χ3n) is 7.24. The maximum absolute atomic E-state index is 11.9. The molecule has 1 saturated carbocycles. The highest BCUT2D eigenvalue weighted by Gasteiger charge is 2.27. The fraction of sp³-hybridized carbons (Fsp3) is 0.429. The summed E-state index contributed by atoms with van der Waals surface area (Å²) < 4.78 is 5.75. The fourth-order valence-electron chi connectivity index (χ4n) is 4.77. The van der Waals surface area contributed by atoms with Gasteiger partial charge in [0.15, 0.2) is 0 Å². The minimum Gasteiger partial charge on any atom is -0.457 e. The van der Waals surface area contributed by atoms with Crippen LogP contribution in [0.5, 0.6) is 11.5 Å². The van der Waals surface area contributed by atoms with Gasteiger partial charge in [0.25, 0.3) is 0 Å². The van der Waals surface area contributed by atoms with E-state index in [1.807, 2.05) is 72.5 Å². The zero-order valence-corrected chi connectivity index (χ0v) is 26.4. The number of nitrogens with one attached hydrogen (secondary N) is 1. The summed E-state index contributed by atoms with van der Waals surface area (Å²) in [5.74, 6) is 2.66. The topological polar surface area (TPSA) is 108 Å². The molecule has 43 heavy (non-hydrogen) atoms. The number of nitrogens with zero attached hydrogens (tertiary/aromatic N) is 4. The molecule has 1 aliphatic carbocycles. The molecule has 2 aliphatic rings. The van der Waals surface area contributed by atoms with Crippen LogP contribution in [0.1, 0.15) is 70.2 Å². The van der Waals surface area contributed by atoms with Gasteiger partial charge in [-0.2, -0.15) is 0 Å². The third-order valence-corrected chi connectivity index (χ3v) is 7.24. The highest BCUT2D eigenvalue weighted by molar-refractivity contribution is 6.14. The summed E-state index contributed by atoms with van der Waals surface area (Å²) in [5, 5.41) is 8.34. The lowest BCUT2D eigenvalue weighted by Crippen LogP contribution is -2.28. The first kappa shape index (κ1) is 33.5. The van der Waals surface area contributed by atoms with E-state index in [1.54, 1.807) is 6.08 Å². The molecule has 2 fully saturated rings. The van der Waals surface area contributed by atoms with Crippen molar-refractivity contribution < 1.29 is 9.53 Å². The van der Waals surface area contributed by atoms with Crippen LogP contribution in [0.15, 0.2) is 73.1 Å². The fourth-order valence-corrected chi connectivity index (χ4v) is 4.77. The van der Waals surface area contributed by atoms with E-state index in [2.05, 4.69) is 42.6 Å². The highest BCUT2D eigenvalue weighted by atomic mass is 16.5. The number of anilines is 1. The predicted octanol–water partition coefficient (Wildman–Crippen LogP) is 6.89. The molecule has 0 radical (unpaired) electrons. The number of hydrogen-bond acceptors (Lipinski definition) is 7. The Morgan fingerprint density at radius 3 is 2.26 bits per heavy atom. The number of ether oxygens (including phenoxy) is 1. The van der Waals surface area contributed by atoms with Crippen LogP contribution in [-0.4, -0.2) is 63.6 Å². The van der Waals surface area contributed by atoms with Crippen molar-refractivity contribution in [2.75, 3.05) is 31.9 Å². The maximum Gasteiger partial charge on any atom is 0.246 e. The van der Waals surface area contributed by atoms with Gasteiger partial charge in [0, 0.05) is 37.3 Å². The number of likely N-dealkylation sites (N-methyl/N-ethyl adjacent to an activating group) is 1. The monoisotopic (exact) mass is 584 g/mol. The molecule has 1 aromatic heterocycles. The molecule has 1 saturated heterocycles. The lowest BCUT2D eigenvalue weighted by Gasteiger charge is -2.17. The lowest BCUT2D eigenvalue weighted by atomic mass is 10.0. The zero-order chi connectivity index (χ0) is 31.2. The lowest BCUT2D eigenvalue weighted by molar-refractivity contribution is -0.125. The quantitative estimate of drug-likeness (QED) is 0.209. The van der Waals surface area contributed by atoms with Crippen molar-refractivity contribution in [1.29, 1.82) is 5.41 Å². The molecule has 3 N–H and O–H groups in total. The molecular formula is C35H48N6O2. The van der Waals surface area contributed by atoms with Gasteiger partial charge in [-0.1, -0.05) is 58.4 Å². The molecule has 1 aliphatic heterocycles. The van der Waals surface area contributed by atoms with E-state index in [-0.39, 0.29) is 5.91 Å². The molecule has 8 heteroatoms. The van der Waals surface area contributed by atoms with Crippen LogP contribution in [0.4, 0.5) is 5.82 Å². The van der Waals surface area contributed by atoms with Gasteiger partial charge < -0.3 is 15.4 Å². The van der Waals surface area contributed by atoms with Gasteiger partial charge in [-0.05, 0) is 75.0 Å². The van der Waals surface area contributed by atoms with Crippen LogP contribution in [0.2, 0.25) is 0 Å². The van der Waals surface area contributed by atoms with Gasteiger partial charge in [-0.25, -0.2) is 9.97 Å². The Morgan fingerprint density at radius 2 is 1.70 bits per heavy atom. The molecule has 8 nitrogen and oxygen atoms in total. The van der Waals surface area contributed by atoms with Gasteiger partial charge in [0.05, 0.1) is 17.0 Å². The first-order valence-corrected chi connectivity index (χ1v) is 15.5. The molecule has 3 aromatic rings. The number of hydrogen-bond donors (Lipinski definition) is 2. The molecule has 2 aromatic carbocycles. The van der Waals surface area contributed by atoms with Crippen LogP contribution in [-0.2, 0) is 4.79 Å². The minimum absolute atomic E-state index is 0.196. The van der Waals surface area contributed by atoms with Gasteiger partial charge in [-0.3, -0.25) is 15.1 Å². The minimum atomic E-state index is 0.196. The summed E-state index contributed by atoms with van der Waals surface area (Å²) in [6, 6.07) is 17.6. The van der Waals surface area contributed by atoms with Crippen molar-refractivity contribution in [3.05, 3.63) is 89.9 Å². The first-order chi connectivity index (χ1) is 20.8. The predicted molar refractivity (Wildman–Crippen MR) is 176 cm³/mol. The smallest absolute Gasteiger partial charge is 0.246 e. The number of amides is 1. The van der Waals surface area contributed by atoms with Crippen molar-refractivity contribution >= 4 is 17.4 Å². The summed E-state index contributed by atoms with van der Waals surface area (Å²) in [6.45, 7) is 14.3. The summed E-state index contributed by atoms with van der Waals surface area (Å²) in [4.78, 5) is 24.3. The van der Waals surface area contributed by atoms with Gasteiger partial charge in [0.2, 0.25) is 5.91 Å². The van der Waals surface area contributed by atoms with E-state index >= 15 is 0 Å². The van der Waals surface area contributed by atoms with E-state index in [4.69, 9.17) is 15.9 Å². The molecule has 1 amide bonds. The number of carbonyl (C=O) groups is 1. The largest absolute Gasteiger partial charge is 0.457 e. The first-order valence-electron chi connectivity index (χ1n) is 15.5. The number of para-hydroxylation sites is 1. The number of benzene rings is 2. The SMILES string of the molecule is CCC.CCN(C/C=C/C(=O)N1CC[C@@H](C)C1)C1CC1.Cc1ncnc(N)c1C(=N)c1ccc(Oc2ccccc2)cc1. The highest BCUT2D eigenvalue weighted by Crippen LogP contribution is 2.26. The van der Waals surface area contributed by atoms with Gasteiger partial charge in [0.1, 0.15) is 23.6 Å². The summed E-state index contributed by atoms with van der Waals surface area (Å²) in [5.41, 5.74) is 8.15. The summed E-state index contributed by atoms with van der Waals surface area (Å²) >= 11 is 0. The molecule has 0 spiro atoms. The van der Waals surface area contributed by atoms with Crippen molar-refractivity contribution in [3.63, 3.8) is 0 Å². The van der Waals surface area contributed by atoms with Gasteiger partial charge >= 0.3 is 0 Å². The Balaban J connectivity index is 0.000000224. The van der Waals surface area contributed by atoms with Crippen LogP contribution < -0.4 is 10.5 Å². The number of rotatable bonds is 9. The van der Waals surface area contributed by atoms with Crippen molar-refractivity contribution in [2.45, 2.75) is 66.3 Å². The number of nitrogen functional groups attached to an aromatic ring is 1. The van der Waals surface area contributed by atoms with E-state index in [0.717, 1.165) is 50.0 Å². The van der Waals surface area contributed by atoms with Crippen LogP contribution in [0.3, 0.4) is 0 Å².